The number of carbonyl (C=O) groups excluding carboxylic acids is 2. The number of Topliss-reactive ketones (excluding diaryl/α,β-unsaturated/α-hetero) is 1. The number of ketones is 1. The van der Waals surface area contributed by atoms with Crippen LogP contribution in [0.4, 0.5) is 0 Å². The SMILES string of the molecule is Cc1cccc(OCC(=O)OCC(=O)c2ccc(C)c(C)c2)c1. The van der Waals surface area contributed by atoms with E-state index in [0.29, 0.717) is 11.3 Å². The average Bonchev–Trinajstić information content (AvgIpc) is 2.53. The van der Waals surface area contributed by atoms with Gasteiger partial charge in [0.15, 0.2) is 19.0 Å². The first-order valence-corrected chi connectivity index (χ1v) is 7.41. The molecule has 0 radical (unpaired) electrons. The van der Waals surface area contributed by atoms with Crippen LogP contribution in [0.3, 0.4) is 0 Å². The van der Waals surface area contributed by atoms with Crippen LogP contribution in [-0.4, -0.2) is 25.0 Å². The second-order valence-corrected chi connectivity index (χ2v) is 5.49. The van der Waals surface area contributed by atoms with Crippen molar-refractivity contribution >= 4 is 11.8 Å². The second kappa shape index (κ2) is 7.58. The fraction of sp³-hybridized carbons (Fsp3) is 0.263. The Morgan fingerprint density at radius 3 is 2.39 bits per heavy atom. The first kappa shape index (κ1) is 16.7. The van der Waals surface area contributed by atoms with Gasteiger partial charge in [-0.05, 0) is 55.7 Å². The van der Waals surface area contributed by atoms with Crippen LogP contribution in [-0.2, 0) is 9.53 Å². The highest BCUT2D eigenvalue weighted by Crippen LogP contribution is 2.13. The first-order chi connectivity index (χ1) is 11.0. The van der Waals surface area contributed by atoms with E-state index in [1.807, 2.05) is 45.0 Å². The van der Waals surface area contributed by atoms with Gasteiger partial charge in [-0.25, -0.2) is 4.79 Å². The minimum Gasteiger partial charge on any atom is -0.482 e. The van der Waals surface area contributed by atoms with Crippen molar-refractivity contribution in [3.8, 4) is 5.75 Å². The Morgan fingerprint density at radius 2 is 1.70 bits per heavy atom. The van der Waals surface area contributed by atoms with Gasteiger partial charge in [-0.15, -0.1) is 0 Å². The molecule has 23 heavy (non-hydrogen) atoms. The number of benzene rings is 2. The van der Waals surface area contributed by atoms with E-state index in [2.05, 4.69) is 0 Å². The number of esters is 1. The Bertz CT molecular complexity index is 719. The zero-order valence-electron chi connectivity index (χ0n) is 13.6. The molecule has 0 atom stereocenters. The molecule has 0 saturated heterocycles. The molecular weight excluding hydrogens is 292 g/mol. The Balaban J connectivity index is 1.81. The van der Waals surface area contributed by atoms with Crippen molar-refractivity contribution in [3.63, 3.8) is 0 Å². The molecule has 0 N–H and O–H groups in total. The molecule has 0 aromatic heterocycles. The summed E-state index contributed by atoms with van der Waals surface area (Å²) in [6.07, 6.45) is 0. The van der Waals surface area contributed by atoms with E-state index in [1.54, 1.807) is 18.2 Å². The molecular formula is C19H20O4. The van der Waals surface area contributed by atoms with E-state index in [0.717, 1.165) is 16.7 Å². The molecule has 2 aromatic rings. The van der Waals surface area contributed by atoms with Crippen LogP contribution in [0.15, 0.2) is 42.5 Å². The molecule has 0 amide bonds. The fourth-order valence-corrected chi connectivity index (χ4v) is 2.03. The zero-order valence-corrected chi connectivity index (χ0v) is 13.6. The maximum absolute atomic E-state index is 12.0. The van der Waals surface area contributed by atoms with Gasteiger partial charge in [-0.2, -0.15) is 0 Å². The molecule has 0 fully saturated rings. The van der Waals surface area contributed by atoms with Crippen LogP contribution < -0.4 is 4.74 Å². The van der Waals surface area contributed by atoms with Crippen molar-refractivity contribution in [2.24, 2.45) is 0 Å². The highest BCUT2D eigenvalue weighted by atomic mass is 16.6. The molecule has 0 spiro atoms. The standard InChI is InChI=1S/C19H20O4/c1-13-5-4-6-17(9-13)22-12-19(21)23-11-18(20)16-8-7-14(2)15(3)10-16/h4-10H,11-12H2,1-3H3. The summed E-state index contributed by atoms with van der Waals surface area (Å²) >= 11 is 0. The van der Waals surface area contributed by atoms with Gasteiger partial charge in [0.05, 0.1) is 0 Å². The summed E-state index contributed by atoms with van der Waals surface area (Å²) in [6.45, 7) is 5.36. The highest BCUT2D eigenvalue weighted by molar-refractivity contribution is 5.98. The monoisotopic (exact) mass is 312 g/mol. The number of ether oxygens (including phenoxy) is 2. The summed E-state index contributed by atoms with van der Waals surface area (Å²) in [4.78, 5) is 23.7. The summed E-state index contributed by atoms with van der Waals surface area (Å²) in [5.41, 5.74) is 3.73. The molecule has 0 aliphatic carbocycles. The minimum absolute atomic E-state index is 0.219. The summed E-state index contributed by atoms with van der Waals surface area (Å²) < 4.78 is 10.3. The van der Waals surface area contributed by atoms with E-state index >= 15 is 0 Å². The molecule has 4 nitrogen and oxygen atoms in total. The normalized spacial score (nSPS) is 10.2. The molecule has 0 aliphatic rings. The molecule has 2 aromatic carbocycles. The molecule has 0 saturated carbocycles. The van der Waals surface area contributed by atoms with Crippen molar-refractivity contribution in [1.29, 1.82) is 0 Å². The van der Waals surface area contributed by atoms with Crippen LogP contribution in [0, 0.1) is 20.8 Å². The lowest BCUT2D eigenvalue weighted by Gasteiger charge is -2.08. The quantitative estimate of drug-likeness (QED) is 0.606. The van der Waals surface area contributed by atoms with Crippen molar-refractivity contribution in [3.05, 3.63) is 64.7 Å². The van der Waals surface area contributed by atoms with Crippen LogP contribution in [0.2, 0.25) is 0 Å². The lowest BCUT2D eigenvalue weighted by Crippen LogP contribution is -2.19. The van der Waals surface area contributed by atoms with Crippen LogP contribution in [0.5, 0.6) is 5.75 Å². The molecule has 0 heterocycles. The molecule has 2 rings (SSSR count). The maximum Gasteiger partial charge on any atom is 0.344 e. The number of hydrogen-bond acceptors (Lipinski definition) is 4. The Morgan fingerprint density at radius 1 is 0.913 bits per heavy atom. The number of rotatable bonds is 6. The van der Waals surface area contributed by atoms with Crippen LogP contribution in [0.25, 0.3) is 0 Å². The van der Waals surface area contributed by atoms with Gasteiger partial charge in [0.2, 0.25) is 0 Å². The minimum atomic E-state index is -0.566. The highest BCUT2D eigenvalue weighted by Gasteiger charge is 2.11. The smallest absolute Gasteiger partial charge is 0.344 e. The van der Waals surface area contributed by atoms with Gasteiger partial charge >= 0.3 is 5.97 Å². The van der Waals surface area contributed by atoms with Gasteiger partial charge in [0, 0.05) is 5.56 Å². The first-order valence-electron chi connectivity index (χ1n) is 7.41. The topological polar surface area (TPSA) is 52.6 Å². The van der Waals surface area contributed by atoms with Crippen LogP contribution >= 0.6 is 0 Å². The summed E-state index contributed by atoms with van der Waals surface area (Å²) in [7, 11) is 0. The van der Waals surface area contributed by atoms with E-state index in [-0.39, 0.29) is 19.0 Å². The second-order valence-electron chi connectivity index (χ2n) is 5.49. The molecule has 0 unspecified atom stereocenters. The predicted molar refractivity (Wildman–Crippen MR) is 87.9 cm³/mol. The zero-order chi connectivity index (χ0) is 16.8. The predicted octanol–water partition coefficient (Wildman–Crippen LogP) is 3.42. The van der Waals surface area contributed by atoms with Gasteiger partial charge in [-0.3, -0.25) is 4.79 Å². The van der Waals surface area contributed by atoms with E-state index < -0.39 is 5.97 Å². The maximum atomic E-state index is 12.0. The molecule has 4 heteroatoms. The van der Waals surface area contributed by atoms with Crippen LogP contribution in [0.1, 0.15) is 27.0 Å². The van der Waals surface area contributed by atoms with Crippen molar-refractivity contribution in [2.75, 3.05) is 13.2 Å². The number of carbonyl (C=O) groups is 2. The van der Waals surface area contributed by atoms with E-state index in [9.17, 15) is 9.59 Å². The Kier molecular flexibility index (Phi) is 5.52. The number of aryl methyl sites for hydroxylation is 3. The Labute approximate surface area is 136 Å². The van der Waals surface area contributed by atoms with Crippen molar-refractivity contribution in [2.45, 2.75) is 20.8 Å². The number of hydrogen-bond donors (Lipinski definition) is 0. The van der Waals surface area contributed by atoms with Gasteiger partial charge in [0.25, 0.3) is 0 Å². The Hall–Kier alpha value is -2.62. The third kappa shape index (κ3) is 4.95. The van der Waals surface area contributed by atoms with Crippen molar-refractivity contribution < 1.29 is 19.1 Å². The lowest BCUT2D eigenvalue weighted by atomic mass is 10.0. The fourth-order valence-electron chi connectivity index (χ4n) is 2.03. The third-order valence-corrected chi connectivity index (χ3v) is 3.54. The molecule has 120 valence electrons. The molecule has 0 aliphatic heterocycles. The molecule has 0 bridgehead atoms. The average molecular weight is 312 g/mol. The largest absolute Gasteiger partial charge is 0.482 e. The van der Waals surface area contributed by atoms with E-state index in [1.165, 1.54) is 0 Å². The van der Waals surface area contributed by atoms with Crippen molar-refractivity contribution in [1.82, 2.24) is 0 Å². The van der Waals surface area contributed by atoms with Gasteiger partial charge < -0.3 is 9.47 Å². The summed E-state index contributed by atoms with van der Waals surface area (Å²) in [5, 5.41) is 0. The van der Waals surface area contributed by atoms with Gasteiger partial charge in [-0.1, -0.05) is 24.3 Å². The summed E-state index contributed by atoms with van der Waals surface area (Å²) in [6, 6.07) is 12.8. The summed E-state index contributed by atoms with van der Waals surface area (Å²) in [5.74, 6) is -0.192. The van der Waals surface area contributed by atoms with Gasteiger partial charge in [0.1, 0.15) is 5.75 Å². The lowest BCUT2D eigenvalue weighted by molar-refractivity contribution is -0.144. The van der Waals surface area contributed by atoms with E-state index in [4.69, 9.17) is 9.47 Å². The third-order valence-electron chi connectivity index (χ3n) is 3.54.